The van der Waals surface area contributed by atoms with Crippen molar-refractivity contribution in [2.75, 3.05) is 6.61 Å². The Bertz CT molecular complexity index is 160. The Labute approximate surface area is 73.7 Å². The maximum atomic E-state index is 11.2. The van der Waals surface area contributed by atoms with Crippen LogP contribution in [0.5, 0.6) is 0 Å². The largest absolute Gasteiger partial charge is 0.462 e. The number of carbonyl (C=O) groups excluding carboxylic acids is 1. The second-order valence-electron chi connectivity index (χ2n) is 4.59. The van der Waals surface area contributed by atoms with Gasteiger partial charge in [0.1, 0.15) is 12.2 Å². The van der Waals surface area contributed by atoms with Crippen LogP contribution in [-0.2, 0) is 14.6 Å². The van der Waals surface area contributed by atoms with E-state index in [2.05, 4.69) is 0 Å². The van der Waals surface area contributed by atoms with E-state index in [4.69, 9.17) is 4.74 Å². The van der Waals surface area contributed by atoms with Crippen molar-refractivity contribution in [1.29, 1.82) is 0 Å². The zero-order chi connectivity index (χ0) is 9.99. The Hall–Kier alpha value is -0.570. The number of hydrogen-bond donors (Lipinski definition) is 0. The second kappa shape index (κ2) is 3.44. The van der Waals surface area contributed by atoms with E-state index < -0.39 is 11.0 Å². The topological polar surface area (TPSA) is 46.2 Å². The van der Waals surface area contributed by atoms with Crippen LogP contribution in [0.1, 0.15) is 34.6 Å². The SMILES string of the molecule is CC(C)([O])COC(=O)C(C)(C)C. The smallest absolute Gasteiger partial charge is 0.311 e. The highest BCUT2D eigenvalue weighted by atomic mass is 16.5. The summed E-state index contributed by atoms with van der Waals surface area (Å²) in [6.07, 6.45) is 0. The van der Waals surface area contributed by atoms with Crippen molar-refractivity contribution < 1.29 is 14.6 Å². The van der Waals surface area contributed by atoms with Crippen molar-refractivity contribution >= 4 is 5.97 Å². The molecule has 12 heavy (non-hydrogen) atoms. The van der Waals surface area contributed by atoms with Gasteiger partial charge in [0.05, 0.1) is 5.41 Å². The van der Waals surface area contributed by atoms with Crippen LogP contribution in [0.2, 0.25) is 0 Å². The fourth-order valence-electron chi connectivity index (χ4n) is 0.456. The average Bonchev–Trinajstić information content (AvgIpc) is 1.78. The summed E-state index contributed by atoms with van der Waals surface area (Å²) in [5.41, 5.74) is -1.72. The van der Waals surface area contributed by atoms with Gasteiger partial charge < -0.3 is 4.74 Å². The zero-order valence-corrected chi connectivity index (χ0v) is 8.43. The lowest BCUT2D eigenvalue weighted by atomic mass is 9.97. The first kappa shape index (κ1) is 11.4. The molecule has 0 saturated heterocycles. The average molecular weight is 173 g/mol. The standard InChI is InChI=1S/C9H17O3/c1-8(2,3)7(10)12-6-9(4,5)11/h6H2,1-5H3. The van der Waals surface area contributed by atoms with Gasteiger partial charge in [0.15, 0.2) is 0 Å². The van der Waals surface area contributed by atoms with E-state index in [0.717, 1.165) is 0 Å². The number of hydrogen-bond acceptors (Lipinski definition) is 2. The Morgan fingerprint density at radius 2 is 1.58 bits per heavy atom. The number of ether oxygens (including phenoxy) is 1. The summed E-state index contributed by atoms with van der Waals surface area (Å²) in [6.45, 7) is 8.18. The first-order chi connectivity index (χ1) is 5.13. The van der Waals surface area contributed by atoms with Gasteiger partial charge >= 0.3 is 5.97 Å². The fraction of sp³-hybridized carbons (Fsp3) is 0.889. The predicted octanol–water partition coefficient (Wildman–Crippen LogP) is 1.78. The van der Waals surface area contributed by atoms with Crippen LogP contribution in [0, 0.1) is 5.41 Å². The number of rotatable bonds is 2. The third-order valence-electron chi connectivity index (χ3n) is 1.16. The molecule has 0 aliphatic rings. The van der Waals surface area contributed by atoms with Gasteiger partial charge in [-0.15, -0.1) is 0 Å². The van der Waals surface area contributed by atoms with E-state index >= 15 is 0 Å². The molecule has 3 heteroatoms. The lowest BCUT2D eigenvalue weighted by molar-refractivity contribution is -0.162. The molecule has 0 N–H and O–H groups in total. The quantitative estimate of drug-likeness (QED) is 0.597. The molecule has 0 unspecified atom stereocenters. The van der Waals surface area contributed by atoms with Crippen molar-refractivity contribution in [1.82, 2.24) is 0 Å². The Kier molecular flexibility index (Phi) is 3.27. The Morgan fingerprint density at radius 1 is 1.17 bits per heavy atom. The lowest BCUT2D eigenvalue weighted by Crippen LogP contribution is -2.31. The van der Waals surface area contributed by atoms with Gasteiger partial charge in [-0.2, -0.15) is 0 Å². The molecule has 0 aromatic rings. The summed E-state index contributed by atoms with van der Waals surface area (Å²) < 4.78 is 4.82. The van der Waals surface area contributed by atoms with Crippen LogP contribution in [0.3, 0.4) is 0 Å². The van der Waals surface area contributed by atoms with E-state index in [1.54, 1.807) is 20.8 Å². The molecule has 0 rings (SSSR count). The highest BCUT2D eigenvalue weighted by Gasteiger charge is 2.26. The van der Waals surface area contributed by atoms with Gasteiger partial charge in [-0.3, -0.25) is 4.79 Å². The van der Waals surface area contributed by atoms with Crippen molar-refractivity contribution in [3.8, 4) is 0 Å². The molecule has 3 nitrogen and oxygen atoms in total. The molecule has 0 fully saturated rings. The van der Waals surface area contributed by atoms with E-state index in [-0.39, 0.29) is 12.6 Å². The van der Waals surface area contributed by atoms with Gasteiger partial charge in [-0.1, -0.05) is 0 Å². The first-order valence-electron chi connectivity index (χ1n) is 4.00. The Morgan fingerprint density at radius 3 is 1.83 bits per heavy atom. The van der Waals surface area contributed by atoms with Crippen LogP contribution in [-0.4, -0.2) is 18.2 Å². The molecule has 0 heterocycles. The zero-order valence-electron chi connectivity index (χ0n) is 8.43. The molecule has 71 valence electrons. The summed E-state index contributed by atoms with van der Waals surface area (Å²) in [5, 5.41) is 11.1. The van der Waals surface area contributed by atoms with Gasteiger partial charge in [0.2, 0.25) is 0 Å². The van der Waals surface area contributed by atoms with Crippen LogP contribution in [0.4, 0.5) is 0 Å². The first-order valence-corrected chi connectivity index (χ1v) is 4.00. The van der Waals surface area contributed by atoms with Gasteiger partial charge in [-0.25, -0.2) is 5.11 Å². The van der Waals surface area contributed by atoms with Crippen molar-refractivity contribution in [2.45, 2.75) is 40.2 Å². The molecule has 0 bridgehead atoms. The van der Waals surface area contributed by atoms with E-state index in [1.807, 2.05) is 0 Å². The van der Waals surface area contributed by atoms with Crippen LogP contribution >= 0.6 is 0 Å². The predicted molar refractivity (Wildman–Crippen MR) is 45.2 cm³/mol. The molecule has 0 amide bonds. The van der Waals surface area contributed by atoms with Gasteiger partial charge in [0, 0.05) is 0 Å². The lowest BCUT2D eigenvalue weighted by Gasteiger charge is -2.20. The van der Waals surface area contributed by atoms with E-state index in [9.17, 15) is 9.90 Å². The highest BCUT2D eigenvalue weighted by molar-refractivity contribution is 5.75. The van der Waals surface area contributed by atoms with Gasteiger partial charge in [0.25, 0.3) is 0 Å². The highest BCUT2D eigenvalue weighted by Crippen LogP contribution is 2.16. The van der Waals surface area contributed by atoms with Gasteiger partial charge in [-0.05, 0) is 34.6 Å². The van der Waals surface area contributed by atoms with Crippen molar-refractivity contribution in [3.05, 3.63) is 0 Å². The molecule has 0 saturated carbocycles. The minimum Gasteiger partial charge on any atom is -0.462 e. The maximum Gasteiger partial charge on any atom is 0.311 e. The van der Waals surface area contributed by atoms with Crippen LogP contribution in [0.25, 0.3) is 0 Å². The van der Waals surface area contributed by atoms with E-state index in [0.29, 0.717) is 0 Å². The third-order valence-corrected chi connectivity index (χ3v) is 1.16. The van der Waals surface area contributed by atoms with E-state index in [1.165, 1.54) is 13.8 Å². The summed E-state index contributed by atoms with van der Waals surface area (Å²) in [5.74, 6) is -0.327. The molecule has 0 aliphatic heterocycles. The van der Waals surface area contributed by atoms with Crippen LogP contribution in [0.15, 0.2) is 0 Å². The molecule has 0 aromatic carbocycles. The second-order valence-corrected chi connectivity index (χ2v) is 4.59. The molecule has 0 atom stereocenters. The summed E-state index contributed by atoms with van der Waals surface area (Å²) in [4.78, 5) is 11.2. The normalized spacial score (nSPS) is 12.8. The molecule has 0 aliphatic carbocycles. The van der Waals surface area contributed by atoms with Crippen LogP contribution < -0.4 is 0 Å². The molecular formula is C9H17O3. The van der Waals surface area contributed by atoms with Crippen molar-refractivity contribution in [2.24, 2.45) is 5.41 Å². The summed E-state index contributed by atoms with van der Waals surface area (Å²) >= 11 is 0. The minimum atomic E-state index is -1.19. The monoisotopic (exact) mass is 173 g/mol. The number of carbonyl (C=O) groups is 1. The maximum absolute atomic E-state index is 11.2. The van der Waals surface area contributed by atoms with Crippen molar-refractivity contribution in [3.63, 3.8) is 0 Å². The molecule has 0 spiro atoms. The molecule has 0 aromatic heterocycles. The summed E-state index contributed by atoms with van der Waals surface area (Å²) in [6, 6.07) is 0. The fourth-order valence-corrected chi connectivity index (χ4v) is 0.456. The summed E-state index contributed by atoms with van der Waals surface area (Å²) in [7, 11) is 0. The molecular weight excluding hydrogens is 156 g/mol. The minimum absolute atomic E-state index is 0.0664. The molecule has 1 radical (unpaired) electrons. The third kappa shape index (κ3) is 5.13. The Balaban J connectivity index is 3.90. The number of esters is 1.